The molecular weight excluding hydrogens is 408 g/mol. The van der Waals surface area contributed by atoms with Crippen molar-refractivity contribution in [3.05, 3.63) is 92.8 Å². The number of amides is 2. The Balaban J connectivity index is 1.71. The maximum atomic E-state index is 12.9. The van der Waals surface area contributed by atoms with Gasteiger partial charge in [0.05, 0.1) is 7.11 Å². The van der Waals surface area contributed by atoms with E-state index >= 15 is 0 Å². The minimum atomic E-state index is -0.333. The van der Waals surface area contributed by atoms with Crippen molar-refractivity contribution in [3.8, 4) is 5.75 Å². The average molecular weight is 435 g/mol. The summed E-state index contributed by atoms with van der Waals surface area (Å²) in [6.07, 6.45) is 2.31. The van der Waals surface area contributed by atoms with Crippen LogP contribution in [-0.4, -0.2) is 25.5 Å². The molecule has 0 bridgehead atoms. The lowest BCUT2D eigenvalue weighted by molar-refractivity contribution is -0.117. The van der Waals surface area contributed by atoms with Crippen LogP contribution in [0, 0.1) is 13.8 Å². The number of benzene rings is 2. The summed E-state index contributed by atoms with van der Waals surface area (Å²) in [5.41, 5.74) is 3.87. The Kier molecular flexibility index (Phi) is 7.62. The second kappa shape index (κ2) is 10.6. The van der Waals surface area contributed by atoms with Crippen LogP contribution in [0.15, 0.2) is 65.7 Å². The van der Waals surface area contributed by atoms with E-state index in [1.807, 2.05) is 67.8 Å². The molecule has 2 aromatic carbocycles. The van der Waals surface area contributed by atoms with Crippen LogP contribution >= 0.6 is 11.3 Å². The lowest BCUT2D eigenvalue weighted by Gasteiger charge is -2.12. The van der Waals surface area contributed by atoms with Gasteiger partial charge in [-0.15, -0.1) is 11.3 Å². The second-order valence-electron chi connectivity index (χ2n) is 7.14. The highest BCUT2D eigenvalue weighted by atomic mass is 32.1. The summed E-state index contributed by atoms with van der Waals surface area (Å²) >= 11 is 1.50. The van der Waals surface area contributed by atoms with Gasteiger partial charge in [0.2, 0.25) is 0 Å². The van der Waals surface area contributed by atoms with Crippen molar-refractivity contribution in [2.45, 2.75) is 20.3 Å². The smallest absolute Gasteiger partial charge is 0.267 e. The van der Waals surface area contributed by atoms with Crippen LogP contribution < -0.4 is 15.4 Å². The number of ether oxygens (including phenoxy) is 1. The molecule has 0 atom stereocenters. The third-order valence-electron chi connectivity index (χ3n) is 4.96. The minimum absolute atomic E-state index is 0.214. The number of thiophene rings is 1. The minimum Gasteiger partial charge on any atom is -0.496 e. The number of carbonyl (C=O) groups excluding carboxylic acids is 2. The molecule has 31 heavy (non-hydrogen) atoms. The van der Waals surface area contributed by atoms with Gasteiger partial charge in [0, 0.05) is 17.0 Å². The van der Waals surface area contributed by atoms with Crippen molar-refractivity contribution in [1.29, 1.82) is 0 Å². The van der Waals surface area contributed by atoms with Crippen LogP contribution in [0.2, 0.25) is 0 Å². The average Bonchev–Trinajstić information content (AvgIpc) is 3.28. The van der Waals surface area contributed by atoms with E-state index in [2.05, 4.69) is 10.6 Å². The lowest BCUT2D eigenvalue weighted by atomic mass is 10.1. The van der Waals surface area contributed by atoms with Crippen molar-refractivity contribution >= 4 is 29.2 Å². The van der Waals surface area contributed by atoms with E-state index < -0.39 is 0 Å². The molecule has 0 fully saturated rings. The van der Waals surface area contributed by atoms with E-state index in [-0.39, 0.29) is 17.5 Å². The van der Waals surface area contributed by atoms with Gasteiger partial charge >= 0.3 is 0 Å². The highest BCUT2D eigenvalue weighted by Gasteiger charge is 2.15. The molecule has 160 valence electrons. The molecule has 6 heteroatoms. The topological polar surface area (TPSA) is 67.4 Å². The van der Waals surface area contributed by atoms with Crippen LogP contribution in [0.3, 0.4) is 0 Å². The number of aryl methyl sites for hydroxylation is 2. The summed E-state index contributed by atoms with van der Waals surface area (Å²) < 4.78 is 5.36. The summed E-state index contributed by atoms with van der Waals surface area (Å²) in [5, 5.41) is 7.61. The summed E-state index contributed by atoms with van der Waals surface area (Å²) in [6, 6.07) is 17.0. The quantitative estimate of drug-likeness (QED) is 0.513. The summed E-state index contributed by atoms with van der Waals surface area (Å²) in [5.74, 6) is 0.139. The largest absolute Gasteiger partial charge is 0.496 e. The van der Waals surface area contributed by atoms with Gasteiger partial charge in [-0.1, -0.05) is 30.3 Å². The molecule has 1 heterocycles. The maximum Gasteiger partial charge on any atom is 0.267 e. The van der Waals surface area contributed by atoms with Gasteiger partial charge in [0.15, 0.2) is 0 Å². The van der Waals surface area contributed by atoms with E-state index in [4.69, 9.17) is 4.74 Å². The number of methoxy groups -OCH3 is 1. The Morgan fingerprint density at radius 3 is 2.55 bits per heavy atom. The van der Waals surface area contributed by atoms with E-state index in [1.165, 1.54) is 11.3 Å². The van der Waals surface area contributed by atoms with Gasteiger partial charge in [0.25, 0.3) is 11.8 Å². The van der Waals surface area contributed by atoms with E-state index in [9.17, 15) is 9.59 Å². The molecule has 0 aliphatic carbocycles. The zero-order chi connectivity index (χ0) is 22.2. The molecule has 0 saturated heterocycles. The SMILES string of the molecule is COc1ccccc1CCNC(=O)C(=Cc1cccs1)NC(=O)c1ccc(C)c(C)c1. The van der Waals surface area contributed by atoms with E-state index in [1.54, 1.807) is 19.3 Å². The van der Waals surface area contributed by atoms with Crippen molar-refractivity contribution in [2.75, 3.05) is 13.7 Å². The van der Waals surface area contributed by atoms with Gasteiger partial charge in [-0.3, -0.25) is 9.59 Å². The van der Waals surface area contributed by atoms with E-state index in [0.717, 1.165) is 27.3 Å². The van der Waals surface area contributed by atoms with E-state index in [0.29, 0.717) is 18.5 Å². The zero-order valence-corrected chi connectivity index (χ0v) is 18.7. The molecule has 0 spiro atoms. The zero-order valence-electron chi connectivity index (χ0n) is 17.9. The van der Waals surface area contributed by atoms with Crippen LogP contribution in [-0.2, 0) is 11.2 Å². The molecule has 5 nitrogen and oxygen atoms in total. The molecule has 2 N–H and O–H groups in total. The molecule has 3 aromatic rings. The number of hydrogen-bond donors (Lipinski definition) is 2. The Hall–Kier alpha value is -3.38. The maximum absolute atomic E-state index is 12.9. The number of para-hydroxylation sites is 1. The Bertz CT molecular complexity index is 1090. The van der Waals surface area contributed by atoms with Gasteiger partial charge in [-0.25, -0.2) is 0 Å². The Morgan fingerprint density at radius 2 is 1.84 bits per heavy atom. The first kappa shape index (κ1) is 22.3. The number of hydrogen-bond acceptors (Lipinski definition) is 4. The molecule has 3 rings (SSSR count). The molecule has 2 amide bonds. The normalized spacial score (nSPS) is 11.1. The van der Waals surface area contributed by atoms with Gasteiger partial charge < -0.3 is 15.4 Å². The number of nitrogens with one attached hydrogen (secondary N) is 2. The second-order valence-corrected chi connectivity index (χ2v) is 8.12. The predicted molar refractivity (Wildman–Crippen MR) is 125 cm³/mol. The first-order valence-corrected chi connectivity index (χ1v) is 10.9. The third-order valence-corrected chi connectivity index (χ3v) is 5.78. The predicted octanol–water partition coefficient (Wildman–Crippen LogP) is 4.50. The third kappa shape index (κ3) is 6.06. The molecule has 0 radical (unpaired) electrons. The van der Waals surface area contributed by atoms with Crippen LogP contribution in [0.1, 0.15) is 31.9 Å². The Morgan fingerprint density at radius 1 is 1.03 bits per heavy atom. The van der Waals surface area contributed by atoms with Crippen molar-refractivity contribution in [2.24, 2.45) is 0 Å². The number of carbonyl (C=O) groups is 2. The Labute approximate surface area is 186 Å². The number of rotatable bonds is 8. The molecule has 0 unspecified atom stereocenters. The fourth-order valence-corrected chi connectivity index (χ4v) is 3.72. The monoisotopic (exact) mass is 434 g/mol. The van der Waals surface area contributed by atoms with Crippen LogP contribution in [0.5, 0.6) is 5.75 Å². The molecule has 0 aliphatic rings. The standard InChI is InChI=1S/C25H26N2O3S/c1-17-10-11-20(15-18(17)2)24(28)27-22(16-21-8-6-14-31-21)25(29)26-13-12-19-7-4-5-9-23(19)30-3/h4-11,14-16H,12-13H2,1-3H3,(H,26,29)(H,27,28). The lowest BCUT2D eigenvalue weighted by Crippen LogP contribution is -2.35. The molecule has 0 saturated carbocycles. The fourth-order valence-electron chi connectivity index (χ4n) is 3.07. The first-order valence-electron chi connectivity index (χ1n) is 10.0. The van der Waals surface area contributed by atoms with Crippen LogP contribution in [0.25, 0.3) is 6.08 Å². The van der Waals surface area contributed by atoms with Gasteiger partial charge in [-0.05, 0) is 72.7 Å². The highest BCUT2D eigenvalue weighted by Crippen LogP contribution is 2.18. The van der Waals surface area contributed by atoms with Crippen molar-refractivity contribution in [1.82, 2.24) is 10.6 Å². The molecular formula is C25H26N2O3S. The van der Waals surface area contributed by atoms with Gasteiger partial charge in [0.1, 0.15) is 11.4 Å². The first-order chi connectivity index (χ1) is 15.0. The van der Waals surface area contributed by atoms with Crippen molar-refractivity contribution < 1.29 is 14.3 Å². The summed E-state index contributed by atoms with van der Waals surface area (Å²) in [7, 11) is 1.63. The van der Waals surface area contributed by atoms with Crippen LogP contribution in [0.4, 0.5) is 0 Å². The molecule has 0 aliphatic heterocycles. The van der Waals surface area contributed by atoms with Gasteiger partial charge in [-0.2, -0.15) is 0 Å². The fraction of sp³-hybridized carbons (Fsp3) is 0.200. The van der Waals surface area contributed by atoms with Crippen molar-refractivity contribution in [3.63, 3.8) is 0 Å². The summed E-state index contributed by atoms with van der Waals surface area (Å²) in [6.45, 7) is 4.37. The summed E-state index contributed by atoms with van der Waals surface area (Å²) in [4.78, 5) is 26.6. The highest BCUT2D eigenvalue weighted by molar-refractivity contribution is 7.10. The molecule has 1 aromatic heterocycles.